The lowest BCUT2D eigenvalue weighted by Gasteiger charge is -2.17. The summed E-state index contributed by atoms with van der Waals surface area (Å²) >= 11 is 1.30. The Morgan fingerprint density at radius 1 is 0.882 bits per heavy atom. The molecule has 9 heteroatoms. The molecule has 8 nitrogen and oxygen atoms in total. The molecule has 1 aromatic heterocycles. The number of amides is 2. The van der Waals surface area contributed by atoms with E-state index in [2.05, 4.69) is 15.8 Å². The van der Waals surface area contributed by atoms with Crippen molar-refractivity contribution in [3.63, 3.8) is 0 Å². The molecule has 0 radical (unpaired) electrons. The quantitative estimate of drug-likeness (QED) is 0.417. The van der Waals surface area contributed by atoms with Gasteiger partial charge in [0.1, 0.15) is 4.88 Å². The molecule has 34 heavy (non-hydrogen) atoms. The van der Waals surface area contributed by atoms with Gasteiger partial charge in [-0.3, -0.25) is 20.4 Å². The molecule has 0 fully saturated rings. The van der Waals surface area contributed by atoms with Gasteiger partial charge in [0.15, 0.2) is 11.5 Å². The number of nitrogens with zero attached hydrogens (tertiary/aromatic N) is 1. The highest BCUT2D eigenvalue weighted by atomic mass is 32.1. The predicted octanol–water partition coefficient (Wildman–Crippen LogP) is 4.31. The molecule has 0 atom stereocenters. The van der Waals surface area contributed by atoms with Crippen molar-refractivity contribution < 1.29 is 23.8 Å². The Balaban J connectivity index is 1.72. The van der Waals surface area contributed by atoms with Crippen molar-refractivity contribution in [1.82, 2.24) is 15.8 Å². The van der Waals surface area contributed by atoms with Gasteiger partial charge in [-0.2, -0.15) is 0 Å². The number of rotatable bonds is 10. The van der Waals surface area contributed by atoms with Gasteiger partial charge in [-0.1, -0.05) is 30.3 Å². The van der Waals surface area contributed by atoms with Crippen LogP contribution in [0.2, 0.25) is 0 Å². The third-order valence-electron chi connectivity index (χ3n) is 4.71. The SMILES string of the molecule is CCOc1cc(C(=O)NNC(=O)c2sc(Cc3ccccc3)nc2C)cc(OCC)c1OCC. The highest BCUT2D eigenvalue weighted by Gasteiger charge is 2.20. The average Bonchev–Trinajstić information content (AvgIpc) is 3.20. The summed E-state index contributed by atoms with van der Waals surface area (Å²) in [6, 6.07) is 13.0. The summed E-state index contributed by atoms with van der Waals surface area (Å²) in [5.74, 6) is 0.304. The largest absolute Gasteiger partial charge is 0.490 e. The van der Waals surface area contributed by atoms with Crippen LogP contribution in [0, 0.1) is 6.92 Å². The Hall–Kier alpha value is -3.59. The van der Waals surface area contributed by atoms with Crippen LogP contribution < -0.4 is 25.1 Å². The monoisotopic (exact) mass is 483 g/mol. The van der Waals surface area contributed by atoms with E-state index in [9.17, 15) is 9.59 Å². The zero-order valence-corrected chi connectivity index (χ0v) is 20.6. The van der Waals surface area contributed by atoms with Gasteiger partial charge in [-0.15, -0.1) is 11.3 Å². The Morgan fingerprint density at radius 3 is 2.06 bits per heavy atom. The number of hydrogen-bond donors (Lipinski definition) is 2. The highest BCUT2D eigenvalue weighted by Crippen LogP contribution is 2.39. The molecule has 0 aliphatic heterocycles. The minimum atomic E-state index is -0.509. The smallest absolute Gasteiger partial charge is 0.281 e. The van der Waals surface area contributed by atoms with Crippen molar-refractivity contribution in [2.24, 2.45) is 0 Å². The van der Waals surface area contributed by atoms with Crippen LogP contribution >= 0.6 is 11.3 Å². The molecular formula is C25H29N3O5S. The summed E-state index contributed by atoms with van der Waals surface area (Å²) in [6.45, 7) is 8.51. The summed E-state index contributed by atoms with van der Waals surface area (Å²) in [6.07, 6.45) is 0.637. The van der Waals surface area contributed by atoms with E-state index >= 15 is 0 Å². The second-order valence-electron chi connectivity index (χ2n) is 7.19. The van der Waals surface area contributed by atoms with Crippen molar-refractivity contribution in [3.8, 4) is 17.2 Å². The maximum atomic E-state index is 12.8. The Bertz CT molecular complexity index is 1100. The molecule has 0 aliphatic carbocycles. The van der Waals surface area contributed by atoms with Gasteiger partial charge in [-0.25, -0.2) is 4.98 Å². The number of carbonyl (C=O) groups excluding carboxylic acids is 2. The van der Waals surface area contributed by atoms with Crippen molar-refractivity contribution >= 4 is 23.2 Å². The van der Waals surface area contributed by atoms with Crippen molar-refractivity contribution in [1.29, 1.82) is 0 Å². The van der Waals surface area contributed by atoms with E-state index in [1.807, 2.05) is 51.1 Å². The van der Waals surface area contributed by atoms with Gasteiger partial charge in [0.05, 0.1) is 30.5 Å². The normalized spacial score (nSPS) is 10.5. The second-order valence-corrected chi connectivity index (χ2v) is 8.28. The van der Waals surface area contributed by atoms with E-state index in [0.717, 1.165) is 10.6 Å². The molecule has 180 valence electrons. The van der Waals surface area contributed by atoms with Crippen molar-refractivity contribution in [2.45, 2.75) is 34.1 Å². The number of thiazole rings is 1. The fourth-order valence-corrected chi connectivity index (χ4v) is 4.27. The third-order valence-corrected chi connectivity index (χ3v) is 5.86. The standard InChI is InChI=1S/C25H29N3O5S/c1-5-31-19-14-18(15-20(32-6-2)22(19)33-7-3)24(29)27-28-25(30)23-16(4)26-21(34-23)13-17-11-9-8-10-12-17/h8-12,14-15H,5-7,13H2,1-4H3,(H,27,29)(H,28,30). The zero-order chi connectivity index (χ0) is 24.5. The van der Waals surface area contributed by atoms with Gasteiger partial charge in [-0.05, 0) is 45.4 Å². The van der Waals surface area contributed by atoms with E-state index in [-0.39, 0.29) is 5.56 Å². The van der Waals surface area contributed by atoms with Crippen LogP contribution in [-0.2, 0) is 6.42 Å². The highest BCUT2D eigenvalue weighted by molar-refractivity contribution is 7.13. The first-order valence-electron chi connectivity index (χ1n) is 11.1. The molecule has 0 bridgehead atoms. The lowest BCUT2D eigenvalue weighted by Crippen LogP contribution is -2.41. The first-order valence-corrected chi connectivity index (χ1v) is 12.0. The zero-order valence-electron chi connectivity index (χ0n) is 19.8. The van der Waals surface area contributed by atoms with Gasteiger partial charge >= 0.3 is 0 Å². The molecule has 2 amide bonds. The number of carbonyl (C=O) groups is 2. The van der Waals surface area contributed by atoms with Crippen LogP contribution in [0.5, 0.6) is 17.2 Å². The minimum Gasteiger partial charge on any atom is -0.490 e. The number of hydrogen-bond acceptors (Lipinski definition) is 7. The Labute approximate surface area is 203 Å². The molecule has 3 rings (SSSR count). The van der Waals surface area contributed by atoms with E-state index in [4.69, 9.17) is 14.2 Å². The first kappa shape index (κ1) is 25.0. The van der Waals surface area contributed by atoms with E-state index in [1.54, 1.807) is 19.1 Å². The van der Waals surface area contributed by atoms with Gasteiger partial charge < -0.3 is 14.2 Å². The average molecular weight is 484 g/mol. The first-order chi connectivity index (χ1) is 16.5. The predicted molar refractivity (Wildman–Crippen MR) is 131 cm³/mol. The van der Waals surface area contributed by atoms with Gasteiger partial charge in [0.25, 0.3) is 11.8 Å². The topological polar surface area (TPSA) is 98.8 Å². The lowest BCUT2D eigenvalue weighted by molar-refractivity contribution is 0.0848. The number of nitrogens with one attached hydrogen (secondary N) is 2. The fourth-order valence-electron chi connectivity index (χ4n) is 3.27. The number of ether oxygens (including phenoxy) is 3. The molecular weight excluding hydrogens is 454 g/mol. The number of aryl methyl sites for hydroxylation is 1. The van der Waals surface area contributed by atoms with Crippen LogP contribution in [0.1, 0.15) is 57.1 Å². The summed E-state index contributed by atoms with van der Waals surface area (Å²) in [4.78, 5) is 30.5. The van der Waals surface area contributed by atoms with E-state index < -0.39 is 11.8 Å². The number of hydrazine groups is 1. The summed E-state index contributed by atoms with van der Waals surface area (Å²) in [5.41, 5.74) is 6.93. The summed E-state index contributed by atoms with van der Waals surface area (Å²) < 4.78 is 17.0. The number of benzene rings is 2. The van der Waals surface area contributed by atoms with Crippen molar-refractivity contribution in [3.05, 3.63) is 69.2 Å². The lowest BCUT2D eigenvalue weighted by atomic mass is 10.1. The van der Waals surface area contributed by atoms with E-state index in [1.165, 1.54) is 11.3 Å². The van der Waals surface area contributed by atoms with Gasteiger partial charge in [0.2, 0.25) is 5.75 Å². The van der Waals surface area contributed by atoms with Crippen LogP contribution in [0.15, 0.2) is 42.5 Å². The van der Waals surface area contributed by atoms with Crippen LogP contribution in [0.25, 0.3) is 0 Å². The summed E-state index contributed by atoms with van der Waals surface area (Å²) in [5, 5.41) is 0.828. The van der Waals surface area contributed by atoms with Crippen molar-refractivity contribution in [2.75, 3.05) is 19.8 Å². The minimum absolute atomic E-state index is 0.265. The maximum Gasteiger partial charge on any atom is 0.281 e. The molecule has 3 aromatic rings. The molecule has 0 aliphatic rings. The summed E-state index contributed by atoms with van der Waals surface area (Å²) in [7, 11) is 0. The molecule has 0 saturated heterocycles. The maximum absolute atomic E-state index is 12.8. The van der Waals surface area contributed by atoms with Crippen LogP contribution in [0.3, 0.4) is 0 Å². The van der Waals surface area contributed by atoms with Gasteiger partial charge in [0, 0.05) is 12.0 Å². The number of aromatic nitrogens is 1. The van der Waals surface area contributed by atoms with E-state index in [0.29, 0.717) is 54.1 Å². The molecule has 0 unspecified atom stereocenters. The molecule has 2 aromatic carbocycles. The van der Waals surface area contributed by atoms with Crippen LogP contribution in [0.4, 0.5) is 0 Å². The second kappa shape index (κ2) is 12.0. The Kier molecular flexibility index (Phi) is 8.86. The molecule has 1 heterocycles. The van der Waals surface area contributed by atoms with Crippen LogP contribution in [-0.4, -0.2) is 36.6 Å². The molecule has 0 saturated carbocycles. The third kappa shape index (κ3) is 6.26. The fraction of sp³-hybridized carbons (Fsp3) is 0.320. The molecule has 0 spiro atoms. The molecule has 2 N–H and O–H groups in total. The Morgan fingerprint density at radius 2 is 1.47 bits per heavy atom.